The minimum absolute atomic E-state index is 0.169. The number of rotatable bonds is 3. The molecule has 1 N–H and O–H groups in total. The van der Waals surface area contributed by atoms with Gasteiger partial charge in [-0.05, 0) is 53.6 Å². The van der Waals surface area contributed by atoms with Crippen LogP contribution in [-0.4, -0.2) is 41.3 Å². The molecule has 3 aliphatic heterocycles. The Bertz CT molecular complexity index is 999. The summed E-state index contributed by atoms with van der Waals surface area (Å²) >= 11 is 5.96. The molecule has 2 fully saturated rings. The number of carbonyl (C=O) groups is 3. The maximum Gasteiger partial charge on any atom is 0.259 e. The smallest absolute Gasteiger partial charge is 0.259 e. The summed E-state index contributed by atoms with van der Waals surface area (Å²) in [6, 6.07) is 9.09. The quantitative estimate of drug-likeness (QED) is 0.652. The second kappa shape index (κ2) is 6.04. The van der Waals surface area contributed by atoms with Gasteiger partial charge in [0.15, 0.2) is 0 Å². The largest absolute Gasteiger partial charge is 0.295 e. The first kappa shape index (κ1) is 16.7. The summed E-state index contributed by atoms with van der Waals surface area (Å²) in [5, 5.41) is 4.32. The lowest BCUT2D eigenvalue weighted by molar-refractivity contribution is -0.134. The topological polar surface area (TPSA) is 69.7 Å². The number of nitrogens with zero attached hydrogens (tertiary/aromatic N) is 2. The highest BCUT2D eigenvalue weighted by Gasteiger charge is 2.41. The molecule has 1 atom stereocenters. The minimum Gasteiger partial charge on any atom is -0.295 e. The summed E-state index contributed by atoms with van der Waals surface area (Å²) in [6.45, 7) is 1.73. The lowest BCUT2D eigenvalue weighted by Crippen LogP contribution is -2.53. The Kier molecular flexibility index (Phi) is 3.74. The molecule has 2 aromatic carbocycles. The molecule has 138 valence electrons. The average molecular weight is 384 g/mol. The molecule has 1 unspecified atom stereocenters. The third kappa shape index (κ3) is 2.55. The van der Waals surface area contributed by atoms with Gasteiger partial charge in [0.25, 0.3) is 5.91 Å². The molecule has 0 spiro atoms. The third-order valence-electron chi connectivity index (χ3n) is 5.76. The summed E-state index contributed by atoms with van der Waals surface area (Å²) in [6.07, 6.45) is 1.51. The minimum atomic E-state index is -0.645. The number of imide groups is 1. The Morgan fingerprint density at radius 3 is 2.67 bits per heavy atom. The molecule has 0 radical (unpaired) electrons. The van der Waals surface area contributed by atoms with Crippen LogP contribution in [0.15, 0.2) is 30.3 Å². The van der Waals surface area contributed by atoms with Crippen LogP contribution in [0.25, 0.3) is 10.8 Å². The molecule has 2 saturated heterocycles. The number of amides is 3. The van der Waals surface area contributed by atoms with Crippen molar-refractivity contribution in [1.29, 1.82) is 0 Å². The van der Waals surface area contributed by atoms with E-state index in [2.05, 4.69) is 5.32 Å². The van der Waals surface area contributed by atoms with E-state index >= 15 is 0 Å². The van der Waals surface area contributed by atoms with Gasteiger partial charge in [0.2, 0.25) is 11.8 Å². The van der Waals surface area contributed by atoms with Crippen LogP contribution in [0, 0.1) is 5.92 Å². The van der Waals surface area contributed by atoms with Crippen LogP contribution in [0.5, 0.6) is 0 Å². The van der Waals surface area contributed by atoms with Crippen LogP contribution in [0.1, 0.15) is 28.8 Å². The van der Waals surface area contributed by atoms with Crippen LogP contribution in [0.4, 0.5) is 5.69 Å². The Morgan fingerprint density at radius 2 is 1.93 bits per heavy atom. The fraction of sp³-hybridized carbons (Fsp3) is 0.350. The first-order valence-corrected chi connectivity index (χ1v) is 9.49. The highest BCUT2D eigenvalue weighted by atomic mass is 35.5. The highest BCUT2D eigenvalue weighted by molar-refractivity contribution is 6.27. The van der Waals surface area contributed by atoms with Crippen LogP contribution < -0.4 is 10.2 Å². The molecule has 7 heteroatoms. The van der Waals surface area contributed by atoms with Gasteiger partial charge in [-0.3, -0.25) is 24.6 Å². The molecule has 0 aromatic heterocycles. The van der Waals surface area contributed by atoms with Crippen molar-refractivity contribution in [2.75, 3.05) is 18.0 Å². The van der Waals surface area contributed by atoms with Crippen LogP contribution >= 0.6 is 11.8 Å². The Labute approximate surface area is 161 Å². The summed E-state index contributed by atoms with van der Waals surface area (Å²) in [5.74, 6) is -0.336. The van der Waals surface area contributed by atoms with E-state index in [4.69, 9.17) is 11.8 Å². The fourth-order valence-electron chi connectivity index (χ4n) is 4.43. The number of nitrogens with one attached hydrogen (secondary N) is 1. The third-order valence-corrected chi connectivity index (χ3v) is 6.04. The molecular weight excluding hydrogens is 366 g/mol. The van der Waals surface area contributed by atoms with Crippen molar-refractivity contribution in [2.45, 2.75) is 25.3 Å². The molecule has 3 aliphatic rings. The molecule has 3 heterocycles. The van der Waals surface area contributed by atoms with Crippen LogP contribution in [0.2, 0.25) is 0 Å². The highest BCUT2D eigenvalue weighted by Crippen LogP contribution is 2.41. The molecule has 3 amide bonds. The lowest BCUT2D eigenvalue weighted by Gasteiger charge is -2.33. The van der Waals surface area contributed by atoms with Gasteiger partial charge < -0.3 is 0 Å². The lowest BCUT2D eigenvalue weighted by atomic mass is 9.90. The second-order valence-corrected chi connectivity index (χ2v) is 7.99. The SMILES string of the molecule is O=C1CCC(N2C(=O)c3ccc(CC4CN(Cl)C4)c4cccc2c34)C(=O)N1. The Hall–Kier alpha value is -2.44. The maximum absolute atomic E-state index is 13.1. The summed E-state index contributed by atoms with van der Waals surface area (Å²) in [5.41, 5.74) is 2.58. The second-order valence-electron chi connectivity index (χ2n) is 7.51. The number of halogens is 1. The van der Waals surface area contributed by atoms with E-state index in [9.17, 15) is 14.4 Å². The van der Waals surface area contributed by atoms with Gasteiger partial charge in [0.1, 0.15) is 6.04 Å². The van der Waals surface area contributed by atoms with Gasteiger partial charge in [-0.25, -0.2) is 4.42 Å². The maximum atomic E-state index is 13.1. The zero-order valence-corrected chi connectivity index (χ0v) is 15.3. The first-order chi connectivity index (χ1) is 13.0. The van der Waals surface area contributed by atoms with Gasteiger partial charge in [0, 0.05) is 30.5 Å². The monoisotopic (exact) mass is 383 g/mol. The normalized spacial score (nSPS) is 23.1. The predicted molar refractivity (Wildman–Crippen MR) is 102 cm³/mol. The molecule has 6 nitrogen and oxygen atoms in total. The summed E-state index contributed by atoms with van der Waals surface area (Å²) < 4.78 is 1.78. The molecule has 27 heavy (non-hydrogen) atoms. The molecule has 5 rings (SSSR count). The van der Waals surface area contributed by atoms with Gasteiger partial charge in [-0.15, -0.1) is 0 Å². The van der Waals surface area contributed by atoms with E-state index in [1.165, 1.54) is 5.56 Å². The van der Waals surface area contributed by atoms with Gasteiger partial charge >= 0.3 is 0 Å². The van der Waals surface area contributed by atoms with E-state index in [-0.39, 0.29) is 18.2 Å². The standard InChI is InChI=1S/C20H18ClN3O3/c21-23-9-11(10-23)8-12-4-5-14-18-13(12)2-1-3-15(18)24(20(14)27)16-6-7-17(25)22-19(16)26/h1-5,11,16H,6-10H2,(H,22,25,26). The molecular formula is C20H18ClN3O3. The molecule has 2 aromatic rings. The predicted octanol–water partition coefficient (Wildman–Crippen LogP) is 2.23. The van der Waals surface area contributed by atoms with Gasteiger partial charge in [-0.1, -0.05) is 18.2 Å². The average Bonchev–Trinajstić information content (AvgIpc) is 2.90. The number of carbonyl (C=O) groups excluding carboxylic acids is 3. The van der Waals surface area contributed by atoms with E-state index in [1.54, 1.807) is 9.32 Å². The van der Waals surface area contributed by atoms with Crippen LogP contribution in [0.3, 0.4) is 0 Å². The summed E-state index contributed by atoms with van der Waals surface area (Å²) in [4.78, 5) is 38.5. The van der Waals surface area contributed by atoms with Crippen molar-refractivity contribution in [2.24, 2.45) is 5.92 Å². The number of hydrogen-bond donors (Lipinski definition) is 1. The van der Waals surface area contributed by atoms with Crippen molar-refractivity contribution < 1.29 is 14.4 Å². The summed E-state index contributed by atoms with van der Waals surface area (Å²) in [7, 11) is 0. The number of anilines is 1. The van der Waals surface area contributed by atoms with Crippen molar-refractivity contribution in [1.82, 2.24) is 9.74 Å². The number of benzene rings is 2. The van der Waals surface area contributed by atoms with Crippen molar-refractivity contribution in [3.8, 4) is 0 Å². The zero-order chi connectivity index (χ0) is 18.7. The fourth-order valence-corrected chi connectivity index (χ4v) is 4.82. The van der Waals surface area contributed by atoms with E-state index in [0.717, 1.165) is 36.0 Å². The molecule has 0 bridgehead atoms. The molecule has 0 saturated carbocycles. The van der Waals surface area contributed by atoms with Crippen molar-refractivity contribution in [3.05, 3.63) is 41.5 Å². The zero-order valence-electron chi connectivity index (χ0n) is 14.6. The van der Waals surface area contributed by atoms with Crippen molar-refractivity contribution in [3.63, 3.8) is 0 Å². The van der Waals surface area contributed by atoms with Gasteiger partial charge in [-0.2, -0.15) is 0 Å². The van der Waals surface area contributed by atoms with E-state index in [0.29, 0.717) is 17.9 Å². The van der Waals surface area contributed by atoms with Crippen LogP contribution in [-0.2, 0) is 16.0 Å². The Morgan fingerprint density at radius 1 is 1.11 bits per heavy atom. The van der Waals surface area contributed by atoms with E-state index in [1.807, 2.05) is 30.3 Å². The molecule has 0 aliphatic carbocycles. The number of piperidine rings is 1. The first-order valence-electron chi connectivity index (χ1n) is 9.15. The number of hydrogen-bond acceptors (Lipinski definition) is 4. The Balaban J connectivity index is 1.56. The van der Waals surface area contributed by atoms with Crippen molar-refractivity contribution >= 4 is 46.0 Å². The van der Waals surface area contributed by atoms with E-state index < -0.39 is 11.9 Å². The van der Waals surface area contributed by atoms with Gasteiger partial charge in [0.05, 0.1) is 5.69 Å².